The number of halogens is 1. The molecule has 1 rings (SSSR count). The molecule has 0 aliphatic rings. The van der Waals surface area contributed by atoms with Gasteiger partial charge in [-0.3, -0.25) is 0 Å². The zero-order valence-electron chi connectivity index (χ0n) is 9.49. The fourth-order valence-corrected chi connectivity index (χ4v) is 1.54. The van der Waals surface area contributed by atoms with Gasteiger partial charge in [0.2, 0.25) is 6.33 Å². The number of aromatic nitrogens is 2. The van der Waals surface area contributed by atoms with E-state index in [2.05, 4.69) is 48.7 Å². The van der Waals surface area contributed by atoms with Crippen LogP contribution in [0.15, 0.2) is 37.8 Å². The van der Waals surface area contributed by atoms with Crippen LogP contribution >= 0.6 is 0 Å². The van der Waals surface area contributed by atoms with Crippen molar-refractivity contribution in [3.8, 4) is 0 Å². The van der Waals surface area contributed by atoms with Crippen LogP contribution in [0.5, 0.6) is 0 Å². The molecule has 1 aromatic heterocycles. The van der Waals surface area contributed by atoms with Crippen molar-refractivity contribution in [2.24, 2.45) is 0 Å². The summed E-state index contributed by atoms with van der Waals surface area (Å²) in [6.07, 6.45) is 8.11. The van der Waals surface area contributed by atoms with E-state index in [1.807, 2.05) is 12.2 Å². The van der Waals surface area contributed by atoms with Crippen molar-refractivity contribution in [2.75, 3.05) is 0 Å². The van der Waals surface area contributed by atoms with Gasteiger partial charge < -0.3 is 24.0 Å². The molecule has 1 heterocycles. The van der Waals surface area contributed by atoms with E-state index in [-0.39, 0.29) is 24.0 Å². The molecule has 0 aliphatic carbocycles. The van der Waals surface area contributed by atoms with Crippen molar-refractivity contribution in [3.63, 3.8) is 0 Å². The second-order valence-corrected chi connectivity index (χ2v) is 3.75. The Kier molecular flexibility index (Phi) is 6.56. The Balaban J connectivity index is 0.00000196. The third-order valence-electron chi connectivity index (χ3n) is 2.17. The van der Waals surface area contributed by atoms with Crippen molar-refractivity contribution < 1.29 is 28.5 Å². The Hall–Kier alpha value is -0.580. The van der Waals surface area contributed by atoms with Crippen LogP contribution in [-0.2, 0) is 13.1 Å². The van der Waals surface area contributed by atoms with Crippen LogP contribution in [0, 0.1) is 0 Å². The minimum absolute atomic E-state index is 0. The molecule has 0 aromatic carbocycles. The number of hydrogen-bond donors (Lipinski definition) is 0. The molecule has 0 unspecified atom stereocenters. The van der Waals surface area contributed by atoms with Gasteiger partial charge in [-0.1, -0.05) is 39.2 Å². The van der Waals surface area contributed by atoms with Gasteiger partial charge in [-0.25, -0.2) is 9.13 Å². The summed E-state index contributed by atoms with van der Waals surface area (Å²) in [6.45, 7) is 13.6. The quantitative estimate of drug-likeness (QED) is 0.385. The average molecular weight is 318 g/mol. The maximum Gasteiger partial charge on any atom is 0.244 e. The first-order valence-electron chi connectivity index (χ1n) is 5.00. The SMILES string of the molecule is C=CCn1c[n+](CC=C)cc1C(C)C.[I-]. The first-order chi connectivity index (χ1) is 6.69. The first kappa shape index (κ1) is 14.4. The summed E-state index contributed by atoms with van der Waals surface area (Å²) < 4.78 is 4.37. The van der Waals surface area contributed by atoms with Crippen LogP contribution < -0.4 is 28.5 Å². The largest absolute Gasteiger partial charge is 1.00 e. The number of nitrogens with zero attached hydrogens (tertiary/aromatic N) is 2. The van der Waals surface area contributed by atoms with Gasteiger partial charge in [-0.05, 0) is 0 Å². The Morgan fingerprint density at radius 1 is 1.40 bits per heavy atom. The van der Waals surface area contributed by atoms with E-state index >= 15 is 0 Å². The molecule has 1 aromatic rings. The van der Waals surface area contributed by atoms with E-state index in [4.69, 9.17) is 0 Å². The number of allylic oxidation sites excluding steroid dienone is 2. The maximum atomic E-state index is 3.76. The number of imidazole rings is 1. The van der Waals surface area contributed by atoms with Gasteiger partial charge in [0.25, 0.3) is 0 Å². The fourth-order valence-electron chi connectivity index (χ4n) is 1.54. The summed E-state index contributed by atoms with van der Waals surface area (Å²) in [7, 11) is 0. The summed E-state index contributed by atoms with van der Waals surface area (Å²) >= 11 is 0. The zero-order valence-corrected chi connectivity index (χ0v) is 11.6. The highest BCUT2D eigenvalue weighted by Crippen LogP contribution is 2.12. The van der Waals surface area contributed by atoms with Crippen molar-refractivity contribution >= 4 is 0 Å². The molecule has 15 heavy (non-hydrogen) atoms. The van der Waals surface area contributed by atoms with Gasteiger partial charge in [0.15, 0.2) is 0 Å². The zero-order chi connectivity index (χ0) is 10.6. The van der Waals surface area contributed by atoms with Crippen LogP contribution in [0.1, 0.15) is 25.5 Å². The summed E-state index contributed by atoms with van der Waals surface area (Å²) in [4.78, 5) is 0. The Labute approximate surface area is 109 Å². The van der Waals surface area contributed by atoms with Crippen molar-refractivity contribution in [1.82, 2.24) is 4.57 Å². The molecule has 0 bridgehead atoms. The molecular formula is C12H19IN2. The minimum Gasteiger partial charge on any atom is -1.00 e. The average Bonchev–Trinajstić information content (AvgIpc) is 2.49. The molecule has 0 fully saturated rings. The highest BCUT2D eigenvalue weighted by Gasteiger charge is 2.14. The molecule has 0 radical (unpaired) electrons. The van der Waals surface area contributed by atoms with Crippen molar-refractivity contribution in [3.05, 3.63) is 43.5 Å². The third-order valence-corrected chi connectivity index (χ3v) is 2.17. The van der Waals surface area contributed by atoms with Gasteiger partial charge in [0.1, 0.15) is 25.0 Å². The Bertz CT molecular complexity index is 326. The molecule has 0 spiro atoms. The summed E-state index contributed by atoms with van der Waals surface area (Å²) in [5, 5.41) is 0. The predicted molar refractivity (Wildman–Crippen MR) is 59.1 cm³/mol. The standard InChI is InChI=1S/C12H19N2.HI/c1-5-7-13-9-12(11(3)4)14(10-13)8-6-2;/h5-6,9-11H,1-2,7-8H2,3-4H3;1H/q+1;/p-1. The number of rotatable bonds is 5. The molecule has 2 nitrogen and oxygen atoms in total. The van der Waals surface area contributed by atoms with Gasteiger partial charge in [0.05, 0.1) is 0 Å². The highest BCUT2D eigenvalue weighted by molar-refractivity contribution is 5.01. The lowest BCUT2D eigenvalue weighted by Gasteiger charge is -2.00. The molecule has 0 saturated heterocycles. The molecular weight excluding hydrogens is 299 g/mol. The van der Waals surface area contributed by atoms with Crippen LogP contribution in [0.3, 0.4) is 0 Å². The lowest BCUT2D eigenvalue weighted by Crippen LogP contribution is -3.00. The summed E-state index contributed by atoms with van der Waals surface area (Å²) in [6, 6.07) is 0. The second-order valence-electron chi connectivity index (χ2n) is 3.75. The van der Waals surface area contributed by atoms with Crippen LogP contribution in [0.2, 0.25) is 0 Å². The van der Waals surface area contributed by atoms with Crippen molar-refractivity contribution in [1.29, 1.82) is 0 Å². The fraction of sp³-hybridized carbons (Fsp3) is 0.417. The molecule has 3 heteroatoms. The molecule has 0 saturated carbocycles. The molecule has 84 valence electrons. The number of hydrogen-bond acceptors (Lipinski definition) is 0. The minimum atomic E-state index is 0. The van der Waals surface area contributed by atoms with Crippen LogP contribution in [0.4, 0.5) is 0 Å². The summed E-state index contributed by atoms with van der Waals surface area (Å²) in [5.74, 6) is 0.543. The lowest BCUT2D eigenvalue weighted by atomic mass is 10.1. The van der Waals surface area contributed by atoms with E-state index in [1.54, 1.807) is 0 Å². The van der Waals surface area contributed by atoms with Gasteiger partial charge in [-0.2, -0.15) is 0 Å². The van der Waals surface area contributed by atoms with Crippen LogP contribution in [0.25, 0.3) is 0 Å². The van der Waals surface area contributed by atoms with E-state index in [0.29, 0.717) is 5.92 Å². The predicted octanol–water partition coefficient (Wildman–Crippen LogP) is -0.725. The maximum absolute atomic E-state index is 3.76. The smallest absolute Gasteiger partial charge is 0.244 e. The lowest BCUT2D eigenvalue weighted by molar-refractivity contribution is -0.686. The van der Waals surface area contributed by atoms with Gasteiger partial charge in [0, 0.05) is 5.92 Å². The highest BCUT2D eigenvalue weighted by atomic mass is 127. The molecule has 0 aliphatic heterocycles. The van der Waals surface area contributed by atoms with Crippen molar-refractivity contribution in [2.45, 2.75) is 32.9 Å². The van der Waals surface area contributed by atoms with Gasteiger partial charge >= 0.3 is 0 Å². The third kappa shape index (κ3) is 3.81. The summed E-state index contributed by atoms with van der Waals surface area (Å²) in [5.41, 5.74) is 1.34. The topological polar surface area (TPSA) is 8.81 Å². The van der Waals surface area contributed by atoms with E-state index in [1.165, 1.54) is 5.69 Å². The Morgan fingerprint density at radius 3 is 2.53 bits per heavy atom. The van der Waals surface area contributed by atoms with E-state index in [9.17, 15) is 0 Å². The molecule has 0 atom stereocenters. The Morgan fingerprint density at radius 2 is 2.07 bits per heavy atom. The normalized spacial score (nSPS) is 9.80. The van der Waals surface area contributed by atoms with E-state index < -0.39 is 0 Å². The first-order valence-corrected chi connectivity index (χ1v) is 5.00. The molecule has 0 amide bonds. The molecule has 0 N–H and O–H groups in total. The second kappa shape index (κ2) is 6.82. The monoisotopic (exact) mass is 318 g/mol. The van der Waals surface area contributed by atoms with E-state index in [0.717, 1.165) is 13.1 Å². The van der Waals surface area contributed by atoms with Crippen LogP contribution in [-0.4, -0.2) is 4.57 Å². The van der Waals surface area contributed by atoms with Gasteiger partial charge in [-0.15, -0.1) is 0 Å².